The molecule has 18 heavy (non-hydrogen) atoms. The Morgan fingerprint density at radius 2 is 2.22 bits per heavy atom. The zero-order valence-electron chi connectivity index (χ0n) is 10.3. The first-order valence-electron chi connectivity index (χ1n) is 6.17. The van der Waals surface area contributed by atoms with Crippen LogP contribution < -0.4 is 5.73 Å². The third-order valence-corrected chi connectivity index (χ3v) is 3.28. The average molecular weight is 249 g/mol. The van der Waals surface area contributed by atoms with Crippen LogP contribution in [0.3, 0.4) is 0 Å². The smallest absolute Gasteiger partial charge is 0.170 e. The molecule has 0 aromatic heterocycles. The van der Waals surface area contributed by atoms with Crippen molar-refractivity contribution in [1.82, 2.24) is 4.90 Å². The molecule has 1 saturated heterocycles. The molecule has 5 nitrogen and oxygen atoms in total. The molecule has 98 valence electrons. The second-order valence-electron chi connectivity index (χ2n) is 4.67. The quantitative estimate of drug-likeness (QED) is 0.319. The molecule has 0 aliphatic carbocycles. The van der Waals surface area contributed by atoms with E-state index in [-0.39, 0.29) is 11.9 Å². The molecule has 0 amide bonds. The second kappa shape index (κ2) is 5.84. The van der Waals surface area contributed by atoms with E-state index in [1.807, 2.05) is 24.3 Å². The summed E-state index contributed by atoms with van der Waals surface area (Å²) in [6.07, 6.45) is 1.64. The number of piperidine rings is 1. The van der Waals surface area contributed by atoms with Crippen molar-refractivity contribution in [2.75, 3.05) is 13.1 Å². The number of aliphatic hydroxyl groups is 1. The lowest BCUT2D eigenvalue weighted by molar-refractivity contribution is 0.0668. The van der Waals surface area contributed by atoms with Gasteiger partial charge < -0.3 is 16.0 Å². The van der Waals surface area contributed by atoms with Crippen LogP contribution in [0.25, 0.3) is 0 Å². The van der Waals surface area contributed by atoms with Crippen LogP contribution in [0.5, 0.6) is 0 Å². The number of β-amino-alcohol motifs (C(OH)–C–C–N with tert-alkyl or cyclic N) is 1. The summed E-state index contributed by atoms with van der Waals surface area (Å²) in [5.41, 5.74) is 7.43. The number of rotatable bonds is 3. The summed E-state index contributed by atoms with van der Waals surface area (Å²) in [7, 11) is 0. The van der Waals surface area contributed by atoms with Crippen LogP contribution in [0.1, 0.15) is 24.0 Å². The van der Waals surface area contributed by atoms with Crippen molar-refractivity contribution in [3.05, 3.63) is 35.4 Å². The highest BCUT2D eigenvalue weighted by atomic mass is 16.4. The highest BCUT2D eigenvalue weighted by molar-refractivity contribution is 5.98. The van der Waals surface area contributed by atoms with Crippen molar-refractivity contribution < 1.29 is 10.3 Å². The number of benzene rings is 1. The Morgan fingerprint density at radius 1 is 1.44 bits per heavy atom. The van der Waals surface area contributed by atoms with Gasteiger partial charge >= 0.3 is 0 Å². The predicted octanol–water partition coefficient (Wildman–Crippen LogP) is 0.738. The molecule has 0 saturated carbocycles. The predicted molar refractivity (Wildman–Crippen MR) is 69.5 cm³/mol. The van der Waals surface area contributed by atoms with E-state index in [0.717, 1.165) is 30.5 Å². The van der Waals surface area contributed by atoms with Gasteiger partial charge in [0.15, 0.2) is 5.84 Å². The van der Waals surface area contributed by atoms with Gasteiger partial charge in [-0.1, -0.05) is 29.4 Å². The highest BCUT2D eigenvalue weighted by Gasteiger charge is 2.18. The van der Waals surface area contributed by atoms with Crippen molar-refractivity contribution in [3.8, 4) is 0 Å². The number of amidine groups is 1. The molecular weight excluding hydrogens is 230 g/mol. The normalized spacial score (nSPS) is 22.1. The monoisotopic (exact) mass is 249 g/mol. The van der Waals surface area contributed by atoms with Gasteiger partial charge in [-0.3, -0.25) is 4.90 Å². The first kappa shape index (κ1) is 12.9. The molecule has 5 heteroatoms. The van der Waals surface area contributed by atoms with Crippen LogP contribution in [0, 0.1) is 0 Å². The second-order valence-corrected chi connectivity index (χ2v) is 4.67. The van der Waals surface area contributed by atoms with Crippen LogP contribution in [0.2, 0.25) is 0 Å². The molecule has 1 aromatic rings. The molecule has 2 rings (SSSR count). The molecule has 1 aliphatic rings. The summed E-state index contributed by atoms with van der Waals surface area (Å²) < 4.78 is 0. The van der Waals surface area contributed by atoms with E-state index in [1.54, 1.807) is 0 Å². The van der Waals surface area contributed by atoms with Gasteiger partial charge in [-0.2, -0.15) is 0 Å². The van der Waals surface area contributed by atoms with E-state index < -0.39 is 0 Å². The van der Waals surface area contributed by atoms with Gasteiger partial charge in [0.05, 0.1) is 6.10 Å². The van der Waals surface area contributed by atoms with Crippen molar-refractivity contribution in [2.45, 2.75) is 25.5 Å². The fourth-order valence-corrected chi connectivity index (χ4v) is 2.38. The van der Waals surface area contributed by atoms with Gasteiger partial charge in [-0.15, -0.1) is 0 Å². The van der Waals surface area contributed by atoms with Crippen LogP contribution in [0.15, 0.2) is 29.4 Å². The number of aliphatic hydroxyl groups excluding tert-OH is 1. The Hall–Kier alpha value is -1.59. The van der Waals surface area contributed by atoms with Gasteiger partial charge in [0.25, 0.3) is 0 Å². The SMILES string of the molecule is N/C(=N/O)c1ccccc1CN1CCCC(O)C1. The fraction of sp³-hybridized carbons (Fsp3) is 0.462. The van der Waals surface area contributed by atoms with Gasteiger partial charge in [0, 0.05) is 18.7 Å². The molecule has 4 N–H and O–H groups in total. The molecule has 1 heterocycles. The Morgan fingerprint density at radius 3 is 2.94 bits per heavy atom. The van der Waals surface area contributed by atoms with Gasteiger partial charge in [0.2, 0.25) is 0 Å². The zero-order chi connectivity index (χ0) is 13.0. The maximum Gasteiger partial charge on any atom is 0.170 e. The Kier molecular flexibility index (Phi) is 4.17. The summed E-state index contributed by atoms with van der Waals surface area (Å²) >= 11 is 0. The number of nitrogens with zero attached hydrogens (tertiary/aromatic N) is 2. The summed E-state index contributed by atoms with van der Waals surface area (Å²) in [5, 5.41) is 21.5. The Balaban J connectivity index is 2.13. The third-order valence-electron chi connectivity index (χ3n) is 3.28. The van der Waals surface area contributed by atoms with Crippen molar-refractivity contribution in [1.29, 1.82) is 0 Å². The minimum absolute atomic E-state index is 0.128. The summed E-state index contributed by atoms with van der Waals surface area (Å²) in [4.78, 5) is 2.19. The highest BCUT2D eigenvalue weighted by Crippen LogP contribution is 2.16. The van der Waals surface area contributed by atoms with Gasteiger partial charge in [0.1, 0.15) is 0 Å². The van der Waals surface area contributed by atoms with Crippen LogP contribution >= 0.6 is 0 Å². The minimum atomic E-state index is -0.241. The van der Waals surface area contributed by atoms with Crippen LogP contribution in [0.4, 0.5) is 0 Å². The van der Waals surface area contributed by atoms with Crippen molar-refractivity contribution in [2.24, 2.45) is 10.9 Å². The number of hydrogen-bond donors (Lipinski definition) is 3. The van der Waals surface area contributed by atoms with Crippen LogP contribution in [-0.2, 0) is 6.54 Å². The molecule has 0 bridgehead atoms. The molecular formula is C13H19N3O2. The van der Waals surface area contributed by atoms with E-state index in [1.165, 1.54) is 0 Å². The molecule has 1 fully saturated rings. The fourth-order valence-electron chi connectivity index (χ4n) is 2.38. The molecule has 1 aliphatic heterocycles. The van der Waals surface area contributed by atoms with E-state index in [2.05, 4.69) is 10.1 Å². The van der Waals surface area contributed by atoms with E-state index in [9.17, 15) is 5.11 Å². The molecule has 1 aromatic carbocycles. The standard InChI is InChI=1S/C13H19N3O2/c14-13(15-18)12-6-2-1-4-10(12)8-16-7-3-5-11(17)9-16/h1-2,4,6,11,17-18H,3,5,7-9H2,(H2,14,15). The summed E-state index contributed by atoms with van der Waals surface area (Å²) in [6.45, 7) is 2.37. The third kappa shape index (κ3) is 3.00. The Bertz CT molecular complexity index is 434. The number of oxime groups is 1. The molecule has 0 radical (unpaired) electrons. The van der Waals surface area contributed by atoms with E-state index in [0.29, 0.717) is 13.1 Å². The van der Waals surface area contributed by atoms with Crippen LogP contribution in [-0.4, -0.2) is 40.2 Å². The first-order valence-corrected chi connectivity index (χ1v) is 6.17. The average Bonchev–Trinajstić information content (AvgIpc) is 2.38. The van der Waals surface area contributed by atoms with Crippen molar-refractivity contribution >= 4 is 5.84 Å². The van der Waals surface area contributed by atoms with E-state index in [4.69, 9.17) is 10.9 Å². The molecule has 1 unspecified atom stereocenters. The maximum absolute atomic E-state index is 9.65. The maximum atomic E-state index is 9.65. The lowest BCUT2D eigenvalue weighted by Crippen LogP contribution is -2.38. The number of nitrogens with two attached hydrogens (primary N) is 1. The lowest BCUT2D eigenvalue weighted by Gasteiger charge is -2.30. The largest absolute Gasteiger partial charge is 0.409 e. The summed E-state index contributed by atoms with van der Waals surface area (Å²) in [6, 6.07) is 7.60. The van der Waals surface area contributed by atoms with Crippen molar-refractivity contribution in [3.63, 3.8) is 0 Å². The summed E-state index contributed by atoms with van der Waals surface area (Å²) in [5.74, 6) is 0.128. The van der Waals surface area contributed by atoms with Gasteiger partial charge in [-0.05, 0) is 24.9 Å². The Labute approximate surface area is 107 Å². The lowest BCUT2D eigenvalue weighted by atomic mass is 10.0. The van der Waals surface area contributed by atoms with Gasteiger partial charge in [-0.25, -0.2) is 0 Å². The first-order chi connectivity index (χ1) is 8.70. The zero-order valence-corrected chi connectivity index (χ0v) is 10.3. The molecule has 1 atom stereocenters. The number of hydrogen-bond acceptors (Lipinski definition) is 4. The molecule has 0 spiro atoms. The minimum Gasteiger partial charge on any atom is -0.409 e. The van der Waals surface area contributed by atoms with E-state index >= 15 is 0 Å². The number of likely N-dealkylation sites (tertiary alicyclic amines) is 1. The topological polar surface area (TPSA) is 82.1 Å².